The number of aryl methyl sites for hydroxylation is 1. The Morgan fingerprint density at radius 1 is 1.32 bits per heavy atom. The number of nitrogens with zero attached hydrogens (tertiary/aromatic N) is 3. The minimum Gasteiger partial charge on any atom is -0.339 e. The molecule has 0 aliphatic rings. The molecule has 5 nitrogen and oxygen atoms in total. The van der Waals surface area contributed by atoms with E-state index in [2.05, 4.69) is 15.1 Å². The lowest BCUT2D eigenvalue weighted by atomic mass is 10.2. The molecule has 3 aromatic rings. The van der Waals surface area contributed by atoms with E-state index in [4.69, 9.17) is 10.3 Å². The van der Waals surface area contributed by atoms with Gasteiger partial charge in [0, 0.05) is 18.2 Å². The van der Waals surface area contributed by atoms with Gasteiger partial charge in [-0.15, -0.1) is 11.3 Å². The van der Waals surface area contributed by atoms with Crippen LogP contribution in [0.15, 0.2) is 28.2 Å². The van der Waals surface area contributed by atoms with E-state index in [0.29, 0.717) is 18.3 Å². The standard InChI is InChI=1S/C13H14N4OS/c14-5-2-1-3-12-16-13(17-18-12)9-7-11-10(15-8-9)4-6-19-11/h4,6-8H,1-3,5,14H2. The molecule has 0 radical (unpaired) electrons. The predicted molar refractivity (Wildman–Crippen MR) is 74.9 cm³/mol. The number of nitrogens with two attached hydrogens (primary N) is 1. The summed E-state index contributed by atoms with van der Waals surface area (Å²) in [5.74, 6) is 1.26. The zero-order valence-corrected chi connectivity index (χ0v) is 11.2. The van der Waals surface area contributed by atoms with Gasteiger partial charge in [0.1, 0.15) is 0 Å². The van der Waals surface area contributed by atoms with E-state index in [1.807, 2.05) is 17.5 Å². The molecule has 0 saturated carbocycles. The largest absolute Gasteiger partial charge is 0.339 e. The molecule has 0 amide bonds. The second kappa shape index (κ2) is 5.46. The molecule has 0 fully saturated rings. The Bertz CT molecular complexity index is 676. The fourth-order valence-electron chi connectivity index (χ4n) is 1.86. The van der Waals surface area contributed by atoms with Crippen LogP contribution in [0, 0.1) is 0 Å². The third-order valence-corrected chi connectivity index (χ3v) is 3.73. The van der Waals surface area contributed by atoms with Crippen molar-refractivity contribution in [3.63, 3.8) is 0 Å². The molecular weight excluding hydrogens is 260 g/mol. The van der Waals surface area contributed by atoms with Crippen LogP contribution in [0.3, 0.4) is 0 Å². The number of hydrogen-bond donors (Lipinski definition) is 1. The van der Waals surface area contributed by atoms with Crippen LogP contribution < -0.4 is 5.73 Å². The lowest BCUT2D eigenvalue weighted by molar-refractivity contribution is 0.375. The van der Waals surface area contributed by atoms with Crippen LogP contribution in [0.1, 0.15) is 18.7 Å². The van der Waals surface area contributed by atoms with Crippen molar-refractivity contribution in [2.45, 2.75) is 19.3 Å². The zero-order chi connectivity index (χ0) is 13.1. The Balaban J connectivity index is 1.81. The van der Waals surface area contributed by atoms with Gasteiger partial charge in [-0.2, -0.15) is 4.98 Å². The van der Waals surface area contributed by atoms with Gasteiger partial charge in [-0.1, -0.05) is 5.16 Å². The second-order valence-corrected chi connectivity index (χ2v) is 5.23. The molecule has 0 unspecified atom stereocenters. The lowest BCUT2D eigenvalue weighted by Crippen LogP contribution is -1.99. The van der Waals surface area contributed by atoms with Crippen molar-refractivity contribution in [1.29, 1.82) is 0 Å². The number of fused-ring (bicyclic) bond motifs is 1. The topological polar surface area (TPSA) is 77.8 Å². The quantitative estimate of drug-likeness (QED) is 0.724. The molecule has 3 heterocycles. The van der Waals surface area contributed by atoms with E-state index >= 15 is 0 Å². The first-order valence-corrected chi connectivity index (χ1v) is 7.11. The summed E-state index contributed by atoms with van der Waals surface area (Å²) < 4.78 is 6.36. The zero-order valence-electron chi connectivity index (χ0n) is 10.4. The number of hydrogen-bond acceptors (Lipinski definition) is 6. The average molecular weight is 274 g/mol. The van der Waals surface area contributed by atoms with E-state index in [0.717, 1.165) is 35.0 Å². The summed E-state index contributed by atoms with van der Waals surface area (Å²) in [5.41, 5.74) is 7.35. The van der Waals surface area contributed by atoms with Crippen LogP contribution in [0.2, 0.25) is 0 Å². The maximum Gasteiger partial charge on any atom is 0.226 e. The Kier molecular flexibility index (Phi) is 3.52. The van der Waals surface area contributed by atoms with Crippen molar-refractivity contribution in [2.75, 3.05) is 6.54 Å². The monoisotopic (exact) mass is 274 g/mol. The van der Waals surface area contributed by atoms with Crippen LogP contribution in [0.5, 0.6) is 0 Å². The molecule has 0 aromatic carbocycles. The van der Waals surface area contributed by atoms with Crippen molar-refractivity contribution in [2.24, 2.45) is 5.73 Å². The number of unbranched alkanes of at least 4 members (excludes halogenated alkanes) is 1. The Morgan fingerprint density at radius 2 is 2.26 bits per heavy atom. The molecule has 0 aliphatic carbocycles. The maximum absolute atomic E-state index is 5.46. The van der Waals surface area contributed by atoms with Crippen molar-refractivity contribution < 1.29 is 4.52 Å². The van der Waals surface area contributed by atoms with E-state index in [1.54, 1.807) is 17.5 Å². The molecule has 19 heavy (non-hydrogen) atoms. The van der Waals surface area contributed by atoms with Gasteiger partial charge in [0.05, 0.1) is 10.2 Å². The minimum atomic E-state index is 0.602. The van der Waals surface area contributed by atoms with Crippen LogP contribution in [0.25, 0.3) is 21.6 Å². The number of aromatic nitrogens is 3. The summed E-state index contributed by atoms with van der Waals surface area (Å²) in [4.78, 5) is 8.76. The summed E-state index contributed by atoms with van der Waals surface area (Å²) in [5, 5.41) is 6.03. The summed E-state index contributed by atoms with van der Waals surface area (Å²) in [6.45, 7) is 0.694. The predicted octanol–water partition coefficient (Wildman–Crippen LogP) is 2.63. The molecule has 6 heteroatoms. The van der Waals surface area contributed by atoms with Crippen LogP contribution in [-0.2, 0) is 6.42 Å². The van der Waals surface area contributed by atoms with Gasteiger partial charge in [-0.25, -0.2) is 0 Å². The van der Waals surface area contributed by atoms with E-state index < -0.39 is 0 Å². The van der Waals surface area contributed by atoms with E-state index in [-0.39, 0.29) is 0 Å². The van der Waals surface area contributed by atoms with Crippen molar-refractivity contribution >= 4 is 21.6 Å². The molecule has 0 bridgehead atoms. The first-order valence-electron chi connectivity index (χ1n) is 6.23. The third kappa shape index (κ3) is 2.64. The van der Waals surface area contributed by atoms with Gasteiger partial charge in [0.2, 0.25) is 11.7 Å². The summed E-state index contributed by atoms with van der Waals surface area (Å²) in [6.07, 6.45) is 4.50. The molecule has 0 spiro atoms. The number of rotatable bonds is 5. The fraction of sp³-hybridized carbons (Fsp3) is 0.308. The second-order valence-electron chi connectivity index (χ2n) is 4.29. The van der Waals surface area contributed by atoms with Gasteiger partial charge in [0.15, 0.2) is 0 Å². The van der Waals surface area contributed by atoms with E-state index in [9.17, 15) is 0 Å². The first kappa shape index (κ1) is 12.3. The number of pyridine rings is 1. The summed E-state index contributed by atoms with van der Waals surface area (Å²) in [7, 11) is 0. The molecule has 0 saturated heterocycles. The smallest absolute Gasteiger partial charge is 0.226 e. The summed E-state index contributed by atoms with van der Waals surface area (Å²) in [6, 6.07) is 4.04. The van der Waals surface area contributed by atoms with Gasteiger partial charge < -0.3 is 10.3 Å². The highest BCUT2D eigenvalue weighted by Crippen LogP contribution is 2.24. The van der Waals surface area contributed by atoms with Crippen molar-refractivity contribution in [3.8, 4) is 11.4 Å². The Hall–Kier alpha value is -1.79. The van der Waals surface area contributed by atoms with Gasteiger partial charge in [-0.05, 0) is 36.9 Å². The van der Waals surface area contributed by atoms with Gasteiger partial charge in [0.25, 0.3) is 0 Å². The average Bonchev–Trinajstić information content (AvgIpc) is 3.06. The molecule has 0 aliphatic heterocycles. The third-order valence-electron chi connectivity index (χ3n) is 2.87. The number of thiophene rings is 1. The maximum atomic E-state index is 5.46. The van der Waals surface area contributed by atoms with Crippen LogP contribution in [-0.4, -0.2) is 21.7 Å². The molecule has 98 valence electrons. The lowest BCUT2D eigenvalue weighted by Gasteiger charge is -1.94. The van der Waals surface area contributed by atoms with Crippen molar-refractivity contribution in [1.82, 2.24) is 15.1 Å². The molecule has 3 aromatic heterocycles. The normalized spacial score (nSPS) is 11.2. The van der Waals surface area contributed by atoms with Gasteiger partial charge >= 0.3 is 0 Å². The molecule has 3 rings (SSSR count). The molecular formula is C13H14N4OS. The van der Waals surface area contributed by atoms with Crippen LogP contribution in [0.4, 0.5) is 0 Å². The van der Waals surface area contributed by atoms with Gasteiger partial charge in [-0.3, -0.25) is 4.98 Å². The Morgan fingerprint density at radius 3 is 3.16 bits per heavy atom. The SMILES string of the molecule is NCCCCc1nc(-c2cnc3ccsc3c2)no1. The first-order chi connectivity index (χ1) is 9.36. The fourth-order valence-corrected chi connectivity index (χ4v) is 2.64. The van der Waals surface area contributed by atoms with Crippen molar-refractivity contribution in [3.05, 3.63) is 29.6 Å². The van der Waals surface area contributed by atoms with E-state index in [1.165, 1.54) is 0 Å². The highest BCUT2D eigenvalue weighted by molar-refractivity contribution is 7.17. The molecule has 0 atom stereocenters. The minimum absolute atomic E-state index is 0.602. The molecule has 2 N–H and O–H groups in total. The van der Waals surface area contributed by atoms with Crippen LogP contribution >= 0.6 is 11.3 Å². The Labute approximate surface area is 114 Å². The highest BCUT2D eigenvalue weighted by atomic mass is 32.1. The summed E-state index contributed by atoms with van der Waals surface area (Å²) >= 11 is 1.66. The highest BCUT2D eigenvalue weighted by Gasteiger charge is 2.09.